The summed E-state index contributed by atoms with van der Waals surface area (Å²) in [7, 11) is 0. The number of hydrogen-bond donors (Lipinski definition) is 0. The molecule has 0 N–H and O–H groups in total. The first kappa shape index (κ1) is 13.3. The molecule has 0 bridgehead atoms. The summed E-state index contributed by atoms with van der Waals surface area (Å²) in [5.41, 5.74) is 0.179. The van der Waals surface area contributed by atoms with E-state index in [1.807, 2.05) is 0 Å². The van der Waals surface area contributed by atoms with Crippen LogP contribution >= 0.6 is 11.6 Å². The molecule has 98 valence electrons. The molecule has 1 fully saturated rings. The third-order valence-corrected chi connectivity index (χ3v) is 3.49. The van der Waals surface area contributed by atoms with Gasteiger partial charge in [0.1, 0.15) is 11.6 Å². The Kier molecular flexibility index (Phi) is 3.85. The first-order valence-corrected chi connectivity index (χ1v) is 6.31. The molecule has 1 aliphatic heterocycles. The molecule has 1 aromatic rings. The van der Waals surface area contributed by atoms with Gasteiger partial charge in [0.15, 0.2) is 0 Å². The van der Waals surface area contributed by atoms with Crippen LogP contribution in [0.15, 0.2) is 12.1 Å². The third-order valence-electron chi connectivity index (χ3n) is 3.13. The van der Waals surface area contributed by atoms with Crippen molar-refractivity contribution < 1.29 is 13.6 Å². The van der Waals surface area contributed by atoms with Crippen LogP contribution in [0.4, 0.5) is 8.78 Å². The fraction of sp³-hybridized carbons (Fsp3) is 0.462. The topological polar surface area (TPSA) is 20.3 Å². The van der Waals surface area contributed by atoms with E-state index in [1.165, 1.54) is 17.9 Å². The van der Waals surface area contributed by atoms with E-state index in [1.54, 1.807) is 0 Å². The van der Waals surface area contributed by atoms with Crippen LogP contribution in [-0.2, 0) is 0 Å². The van der Waals surface area contributed by atoms with E-state index >= 15 is 0 Å². The molecule has 0 aliphatic carbocycles. The predicted octanol–water partition coefficient (Wildman–Crippen LogP) is 3.12. The first-order valence-electron chi connectivity index (χ1n) is 5.88. The molecule has 0 spiro atoms. The Morgan fingerprint density at radius 1 is 1.39 bits per heavy atom. The number of piperidine rings is 1. The molecule has 1 atom stereocenters. The molecular weight excluding hydrogens is 260 g/mol. The minimum atomic E-state index is -0.820. The lowest BCUT2D eigenvalue weighted by atomic mass is 10.1. The fourth-order valence-electron chi connectivity index (χ4n) is 2.10. The number of rotatable bonds is 1. The molecule has 1 aliphatic rings. The SMILES string of the molecule is Cc1cc(C(=O)N2CCCC(Cl)C2)c(F)cc1F. The van der Waals surface area contributed by atoms with Crippen molar-refractivity contribution in [2.45, 2.75) is 25.1 Å². The van der Waals surface area contributed by atoms with E-state index in [2.05, 4.69) is 0 Å². The van der Waals surface area contributed by atoms with Gasteiger partial charge in [0, 0.05) is 19.2 Å². The Morgan fingerprint density at radius 2 is 2.11 bits per heavy atom. The predicted molar refractivity (Wildman–Crippen MR) is 65.9 cm³/mol. The van der Waals surface area contributed by atoms with Crippen molar-refractivity contribution >= 4 is 17.5 Å². The number of carbonyl (C=O) groups is 1. The third kappa shape index (κ3) is 2.64. The zero-order valence-electron chi connectivity index (χ0n) is 10.0. The number of carbonyl (C=O) groups excluding carboxylic acids is 1. The van der Waals surface area contributed by atoms with Crippen LogP contribution in [0, 0.1) is 18.6 Å². The molecule has 0 aromatic heterocycles. The number of likely N-dealkylation sites (tertiary alicyclic amines) is 1. The Bertz CT molecular complexity index is 478. The maximum Gasteiger partial charge on any atom is 0.256 e. The maximum atomic E-state index is 13.6. The molecule has 2 nitrogen and oxygen atoms in total. The van der Waals surface area contributed by atoms with Gasteiger partial charge in [0.05, 0.1) is 10.9 Å². The molecule has 1 unspecified atom stereocenters. The van der Waals surface area contributed by atoms with Crippen LogP contribution in [0.2, 0.25) is 0 Å². The highest BCUT2D eigenvalue weighted by Crippen LogP contribution is 2.20. The van der Waals surface area contributed by atoms with Gasteiger partial charge in [-0.2, -0.15) is 0 Å². The molecule has 1 amide bonds. The average Bonchev–Trinajstić information content (AvgIpc) is 2.33. The standard InChI is InChI=1S/C13H14ClF2NO/c1-8-5-10(12(16)6-11(8)15)13(18)17-4-2-3-9(14)7-17/h5-6,9H,2-4,7H2,1H3. The van der Waals surface area contributed by atoms with Crippen molar-refractivity contribution in [1.29, 1.82) is 0 Å². The summed E-state index contributed by atoms with van der Waals surface area (Å²) in [5.74, 6) is -1.88. The van der Waals surface area contributed by atoms with Gasteiger partial charge in [0.25, 0.3) is 5.91 Å². The van der Waals surface area contributed by atoms with Gasteiger partial charge >= 0.3 is 0 Å². The maximum absolute atomic E-state index is 13.6. The van der Waals surface area contributed by atoms with Gasteiger partial charge in [-0.05, 0) is 31.4 Å². The Morgan fingerprint density at radius 3 is 2.78 bits per heavy atom. The minimum Gasteiger partial charge on any atom is -0.337 e. The van der Waals surface area contributed by atoms with Crippen molar-refractivity contribution in [3.63, 3.8) is 0 Å². The molecular formula is C13H14ClF2NO. The summed E-state index contributed by atoms with van der Waals surface area (Å²) >= 11 is 5.99. The van der Waals surface area contributed by atoms with Gasteiger partial charge in [-0.25, -0.2) is 8.78 Å². The lowest BCUT2D eigenvalue weighted by Crippen LogP contribution is -2.40. The van der Waals surface area contributed by atoms with E-state index in [9.17, 15) is 13.6 Å². The lowest BCUT2D eigenvalue weighted by Gasteiger charge is -2.30. The quantitative estimate of drug-likeness (QED) is 0.720. The van der Waals surface area contributed by atoms with Crippen molar-refractivity contribution in [1.82, 2.24) is 4.90 Å². The van der Waals surface area contributed by atoms with Crippen LogP contribution in [0.1, 0.15) is 28.8 Å². The van der Waals surface area contributed by atoms with E-state index in [0.717, 1.165) is 18.9 Å². The first-order chi connectivity index (χ1) is 8.49. The van der Waals surface area contributed by atoms with Gasteiger partial charge in [-0.3, -0.25) is 4.79 Å². The highest BCUT2D eigenvalue weighted by molar-refractivity contribution is 6.21. The number of hydrogen-bond acceptors (Lipinski definition) is 1. The highest BCUT2D eigenvalue weighted by Gasteiger charge is 2.25. The smallest absolute Gasteiger partial charge is 0.256 e. The molecule has 1 aromatic carbocycles. The van der Waals surface area contributed by atoms with Crippen molar-refractivity contribution in [2.75, 3.05) is 13.1 Å². The molecule has 18 heavy (non-hydrogen) atoms. The summed E-state index contributed by atoms with van der Waals surface area (Å²) in [4.78, 5) is 13.7. The molecule has 1 heterocycles. The zero-order valence-corrected chi connectivity index (χ0v) is 10.8. The zero-order chi connectivity index (χ0) is 13.3. The largest absolute Gasteiger partial charge is 0.337 e. The minimum absolute atomic E-state index is 0.0836. The number of benzene rings is 1. The normalized spacial score (nSPS) is 20.0. The molecule has 1 saturated heterocycles. The number of aryl methyl sites for hydroxylation is 1. The average molecular weight is 274 g/mol. The number of amides is 1. The van der Waals surface area contributed by atoms with Crippen LogP contribution in [0.3, 0.4) is 0 Å². The summed E-state index contributed by atoms with van der Waals surface area (Å²) in [6.45, 7) is 2.49. The van der Waals surface area contributed by atoms with Gasteiger partial charge in [-0.1, -0.05) is 0 Å². The van der Waals surface area contributed by atoms with E-state index < -0.39 is 17.5 Å². The molecule has 0 saturated carbocycles. The van der Waals surface area contributed by atoms with Crippen molar-refractivity contribution in [2.24, 2.45) is 0 Å². The summed E-state index contributed by atoms with van der Waals surface area (Å²) in [5, 5.41) is -0.0905. The van der Waals surface area contributed by atoms with Gasteiger partial charge in [0.2, 0.25) is 0 Å². The van der Waals surface area contributed by atoms with Crippen LogP contribution in [0.5, 0.6) is 0 Å². The Labute approximate surface area is 110 Å². The molecule has 2 rings (SSSR count). The van der Waals surface area contributed by atoms with Gasteiger partial charge < -0.3 is 4.90 Å². The number of alkyl halides is 1. The van der Waals surface area contributed by atoms with E-state index in [-0.39, 0.29) is 16.5 Å². The van der Waals surface area contributed by atoms with Gasteiger partial charge in [-0.15, -0.1) is 11.6 Å². The summed E-state index contributed by atoms with van der Waals surface area (Å²) in [6, 6.07) is 2.01. The second kappa shape index (κ2) is 5.22. The number of nitrogens with zero attached hydrogens (tertiary/aromatic N) is 1. The molecule has 5 heteroatoms. The fourth-order valence-corrected chi connectivity index (χ4v) is 2.42. The highest BCUT2D eigenvalue weighted by atomic mass is 35.5. The summed E-state index contributed by atoms with van der Waals surface area (Å²) in [6.07, 6.45) is 1.66. The van der Waals surface area contributed by atoms with Crippen LogP contribution in [0.25, 0.3) is 0 Å². The molecule has 0 radical (unpaired) electrons. The number of halogens is 3. The van der Waals surface area contributed by atoms with Crippen LogP contribution in [-0.4, -0.2) is 29.3 Å². The lowest BCUT2D eigenvalue weighted by molar-refractivity contribution is 0.0722. The van der Waals surface area contributed by atoms with Crippen LogP contribution < -0.4 is 0 Å². The van der Waals surface area contributed by atoms with E-state index in [0.29, 0.717) is 13.1 Å². The summed E-state index contributed by atoms with van der Waals surface area (Å²) < 4.78 is 26.8. The Balaban J connectivity index is 2.25. The second-order valence-electron chi connectivity index (χ2n) is 4.57. The Hall–Kier alpha value is -1.16. The van der Waals surface area contributed by atoms with Crippen molar-refractivity contribution in [3.8, 4) is 0 Å². The van der Waals surface area contributed by atoms with Crippen molar-refractivity contribution in [3.05, 3.63) is 34.9 Å². The van der Waals surface area contributed by atoms with E-state index in [4.69, 9.17) is 11.6 Å². The second-order valence-corrected chi connectivity index (χ2v) is 5.19. The monoisotopic (exact) mass is 273 g/mol.